The van der Waals surface area contributed by atoms with Crippen molar-refractivity contribution in [1.29, 1.82) is 0 Å². The number of nitrogens with zero attached hydrogens (tertiary/aromatic N) is 3. The van der Waals surface area contributed by atoms with Crippen LogP contribution in [0, 0.1) is 19.3 Å². The van der Waals surface area contributed by atoms with Crippen LogP contribution in [0.15, 0.2) is 34.9 Å². The van der Waals surface area contributed by atoms with Gasteiger partial charge in [0.05, 0.1) is 5.69 Å². The van der Waals surface area contributed by atoms with E-state index in [4.69, 9.17) is 4.52 Å². The van der Waals surface area contributed by atoms with Gasteiger partial charge in [0.1, 0.15) is 5.76 Å². The minimum Gasteiger partial charge on any atom is -0.361 e. The second-order valence-electron chi connectivity index (χ2n) is 8.06. The number of rotatable bonds is 4. The molecule has 2 aromatic rings. The number of aryl methyl sites for hydroxylation is 2. The quantitative estimate of drug-likeness (QED) is 0.849. The molecule has 2 fully saturated rings. The van der Waals surface area contributed by atoms with Crippen LogP contribution < -0.4 is 0 Å². The first-order valence-corrected chi connectivity index (χ1v) is 9.54. The summed E-state index contributed by atoms with van der Waals surface area (Å²) in [6, 6.07) is 10.9. The lowest BCUT2D eigenvalue weighted by atomic mass is 9.79. The number of likely N-dealkylation sites (tertiary alicyclic amines) is 2. The van der Waals surface area contributed by atoms with E-state index in [1.807, 2.05) is 6.92 Å². The van der Waals surface area contributed by atoms with Gasteiger partial charge < -0.3 is 4.52 Å². The van der Waals surface area contributed by atoms with Gasteiger partial charge in [-0.25, -0.2) is 0 Å². The average molecular weight is 339 g/mol. The van der Waals surface area contributed by atoms with Crippen LogP contribution in [-0.4, -0.2) is 41.1 Å². The molecule has 2 saturated heterocycles. The molecule has 3 heterocycles. The number of hydrogen-bond acceptors (Lipinski definition) is 4. The minimum absolute atomic E-state index is 0.478. The van der Waals surface area contributed by atoms with Crippen LogP contribution in [-0.2, 0) is 13.1 Å². The molecule has 0 saturated carbocycles. The van der Waals surface area contributed by atoms with E-state index in [1.54, 1.807) is 0 Å². The van der Waals surface area contributed by atoms with Gasteiger partial charge in [-0.05, 0) is 57.2 Å². The third-order valence-electron chi connectivity index (χ3n) is 6.07. The summed E-state index contributed by atoms with van der Waals surface area (Å²) in [5.41, 5.74) is 4.25. The van der Waals surface area contributed by atoms with Gasteiger partial charge in [-0.1, -0.05) is 35.5 Å². The lowest BCUT2D eigenvalue weighted by Crippen LogP contribution is -2.44. The molecule has 2 aliphatic heterocycles. The zero-order valence-corrected chi connectivity index (χ0v) is 15.5. The van der Waals surface area contributed by atoms with Crippen LogP contribution in [0.1, 0.15) is 41.8 Å². The maximum atomic E-state index is 5.35. The Morgan fingerprint density at radius 2 is 1.76 bits per heavy atom. The molecule has 0 bridgehead atoms. The molecule has 0 amide bonds. The normalized spacial score (nSPS) is 25.0. The van der Waals surface area contributed by atoms with E-state index in [1.165, 1.54) is 56.6 Å². The van der Waals surface area contributed by atoms with E-state index in [9.17, 15) is 0 Å². The average Bonchev–Trinajstić information content (AvgIpc) is 3.14. The Bertz CT molecular complexity index is 692. The zero-order valence-electron chi connectivity index (χ0n) is 15.5. The van der Waals surface area contributed by atoms with Gasteiger partial charge >= 0.3 is 0 Å². The molecule has 0 radical (unpaired) electrons. The lowest BCUT2D eigenvalue weighted by Gasteiger charge is -2.40. The fourth-order valence-electron chi connectivity index (χ4n) is 4.73. The van der Waals surface area contributed by atoms with Crippen molar-refractivity contribution >= 4 is 0 Å². The number of benzene rings is 1. The SMILES string of the molecule is Cc1noc(C)c1CN1CCC[C@]2(CCN(Cc3ccccc3)C2)C1. The molecule has 0 N–H and O–H groups in total. The first-order chi connectivity index (χ1) is 12.1. The first-order valence-electron chi connectivity index (χ1n) is 9.54. The van der Waals surface area contributed by atoms with Crippen LogP contribution in [0.25, 0.3) is 0 Å². The summed E-state index contributed by atoms with van der Waals surface area (Å²) < 4.78 is 5.35. The highest BCUT2D eigenvalue weighted by molar-refractivity contribution is 5.21. The lowest BCUT2D eigenvalue weighted by molar-refractivity contribution is 0.0861. The van der Waals surface area contributed by atoms with Gasteiger partial charge in [0.2, 0.25) is 0 Å². The summed E-state index contributed by atoms with van der Waals surface area (Å²) in [4.78, 5) is 5.27. The van der Waals surface area contributed by atoms with Crippen molar-refractivity contribution in [1.82, 2.24) is 15.0 Å². The molecule has 1 aromatic carbocycles. The van der Waals surface area contributed by atoms with E-state index in [2.05, 4.69) is 52.2 Å². The van der Waals surface area contributed by atoms with Gasteiger partial charge in [-0.15, -0.1) is 0 Å². The molecule has 0 aliphatic carbocycles. The van der Waals surface area contributed by atoms with Crippen molar-refractivity contribution in [3.8, 4) is 0 Å². The molecule has 4 rings (SSSR count). The Morgan fingerprint density at radius 1 is 1.00 bits per heavy atom. The maximum absolute atomic E-state index is 5.35. The Hall–Kier alpha value is -1.65. The highest BCUT2D eigenvalue weighted by atomic mass is 16.5. The summed E-state index contributed by atoms with van der Waals surface area (Å²) in [5, 5.41) is 4.12. The predicted octanol–water partition coefficient (Wildman–Crippen LogP) is 3.78. The van der Waals surface area contributed by atoms with Crippen molar-refractivity contribution in [2.24, 2.45) is 5.41 Å². The number of hydrogen-bond donors (Lipinski definition) is 0. The van der Waals surface area contributed by atoms with E-state index in [-0.39, 0.29) is 0 Å². The molecule has 134 valence electrons. The van der Waals surface area contributed by atoms with E-state index in [0.29, 0.717) is 5.41 Å². The number of aromatic nitrogens is 1. The van der Waals surface area contributed by atoms with Gasteiger partial charge in [0, 0.05) is 31.7 Å². The molecule has 1 spiro atoms. The Labute approximate surface area is 150 Å². The molecule has 0 unspecified atom stereocenters. The highest BCUT2D eigenvalue weighted by Crippen LogP contribution is 2.40. The van der Waals surface area contributed by atoms with Crippen LogP contribution in [0.2, 0.25) is 0 Å². The third-order valence-corrected chi connectivity index (χ3v) is 6.07. The van der Waals surface area contributed by atoms with Crippen LogP contribution >= 0.6 is 0 Å². The summed E-state index contributed by atoms with van der Waals surface area (Å²) in [5.74, 6) is 0.981. The van der Waals surface area contributed by atoms with Gasteiger partial charge in [-0.3, -0.25) is 9.80 Å². The minimum atomic E-state index is 0.478. The largest absolute Gasteiger partial charge is 0.361 e. The molecule has 25 heavy (non-hydrogen) atoms. The predicted molar refractivity (Wildman–Crippen MR) is 99.3 cm³/mol. The second kappa shape index (κ2) is 6.93. The van der Waals surface area contributed by atoms with Crippen LogP contribution in [0.3, 0.4) is 0 Å². The van der Waals surface area contributed by atoms with E-state index >= 15 is 0 Å². The zero-order chi connectivity index (χ0) is 17.3. The summed E-state index contributed by atoms with van der Waals surface area (Å²) in [6.45, 7) is 11.0. The molecule has 4 nitrogen and oxygen atoms in total. The second-order valence-corrected chi connectivity index (χ2v) is 8.06. The summed E-state index contributed by atoms with van der Waals surface area (Å²) >= 11 is 0. The fourth-order valence-corrected chi connectivity index (χ4v) is 4.73. The van der Waals surface area contributed by atoms with Gasteiger partial charge in [0.15, 0.2) is 0 Å². The van der Waals surface area contributed by atoms with Crippen LogP contribution in [0.4, 0.5) is 0 Å². The topological polar surface area (TPSA) is 32.5 Å². The molecule has 1 atom stereocenters. The standard InChI is InChI=1S/C21H29N3O/c1-17-20(18(2)25-22-17)14-23-11-6-9-21(15-23)10-12-24(16-21)13-19-7-4-3-5-8-19/h3-5,7-8H,6,9-16H2,1-2H3/t21-/m0/s1. The van der Waals surface area contributed by atoms with Crippen molar-refractivity contribution in [3.63, 3.8) is 0 Å². The molecular weight excluding hydrogens is 310 g/mol. The van der Waals surface area contributed by atoms with Crippen LogP contribution in [0.5, 0.6) is 0 Å². The molecule has 1 aromatic heterocycles. The van der Waals surface area contributed by atoms with Crippen molar-refractivity contribution in [2.75, 3.05) is 26.2 Å². The van der Waals surface area contributed by atoms with Crippen molar-refractivity contribution in [3.05, 3.63) is 52.9 Å². The summed E-state index contributed by atoms with van der Waals surface area (Å²) in [7, 11) is 0. The van der Waals surface area contributed by atoms with E-state index < -0.39 is 0 Å². The summed E-state index contributed by atoms with van der Waals surface area (Å²) in [6.07, 6.45) is 4.01. The molecule has 2 aliphatic rings. The monoisotopic (exact) mass is 339 g/mol. The third kappa shape index (κ3) is 3.65. The number of piperidine rings is 1. The highest BCUT2D eigenvalue weighted by Gasteiger charge is 2.41. The van der Waals surface area contributed by atoms with Crippen molar-refractivity contribution < 1.29 is 4.52 Å². The fraction of sp³-hybridized carbons (Fsp3) is 0.571. The van der Waals surface area contributed by atoms with Crippen molar-refractivity contribution in [2.45, 2.75) is 46.2 Å². The first kappa shape index (κ1) is 16.8. The van der Waals surface area contributed by atoms with E-state index in [0.717, 1.165) is 24.5 Å². The smallest absolute Gasteiger partial charge is 0.138 e. The molecule has 4 heteroatoms. The van der Waals surface area contributed by atoms with Gasteiger partial charge in [-0.2, -0.15) is 0 Å². The molecular formula is C21H29N3O. The Morgan fingerprint density at radius 3 is 2.48 bits per heavy atom. The Kier molecular flexibility index (Phi) is 4.65. The maximum Gasteiger partial charge on any atom is 0.138 e. The Balaban J connectivity index is 1.39. The van der Waals surface area contributed by atoms with Gasteiger partial charge in [0.25, 0.3) is 0 Å².